The van der Waals surface area contributed by atoms with Crippen LogP contribution in [0, 0.1) is 23.7 Å². The van der Waals surface area contributed by atoms with Gasteiger partial charge in [-0.05, 0) is 42.9 Å². The number of fused-ring (bicyclic) bond motifs is 2. The van der Waals surface area contributed by atoms with E-state index in [1.54, 1.807) is 0 Å². The third-order valence-electron chi connectivity index (χ3n) is 3.45. The number of aliphatic hydroxyl groups is 1. The summed E-state index contributed by atoms with van der Waals surface area (Å²) in [6.07, 6.45) is 5.72. The van der Waals surface area contributed by atoms with Crippen molar-refractivity contribution in [3.63, 3.8) is 0 Å². The van der Waals surface area contributed by atoms with Crippen molar-refractivity contribution in [1.82, 2.24) is 0 Å². The van der Waals surface area contributed by atoms with Crippen molar-refractivity contribution < 1.29 is 9.84 Å². The van der Waals surface area contributed by atoms with E-state index in [-0.39, 0.29) is 6.61 Å². The molecule has 0 aromatic heterocycles. The van der Waals surface area contributed by atoms with Crippen molar-refractivity contribution in [3.8, 4) is 0 Å². The maximum Gasteiger partial charge on any atom is 0.0697 e. The van der Waals surface area contributed by atoms with E-state index in [0.29, 0.717) is 6.61 Å². The maximum atomic E-state index is 8.55. The van der Waals surface area contributed by atoms with Gasteiger partial charge in [0.15, 0.2) is 0 Å². The Bertz CT molecular complexity index is 177. The Morgan fingerprint density at radius 1 is 1.19 bits per heavy atom. The molecule has 2 aliphatic carbocycles. The molecule has 0 heterocycles. The number of aliphatic hydroxyl groups excluding tert-OH is 1. The fourth-order valence-electron chi connectivity index (χ4n) is 2.88. The number of hydrogen-bond acceptors (Lipinski definition) is 2. The summed E-state index contributed by atoms with van der Waals surface area (Å²) in [5.41, 5.74) is 0. The highest BCUT2D eigenvalue weighted by atomic mass is 16.5. The number of hydrogen-bond donors (Lipinski definition) is 1. The zero-order chi connectivity index (χ0) is 12.0. The molecule has 0 aromatic carbocycles. The topological polar surface area (TPSA) is 29.5 Å². The minimum Gasteiger partial charge on any atom is -0.394 e. The monoisotopic (exact) mass is 228 g/mol. The first-order valence-electron chi connectivity index (χ1n) is 6.82. The third kappa shape index (κ3) is 4.84. The van der Waals surface area contributed by atoms with Crippen LogP contribution in [0.5, 0.6) is 0 Å². The van der Waals surface area contributed by atoms with Crippen molar-refractivity contribution in [2.75, 3.05) is 19.8 Å². The molecule has 3 unspecified atom stereocenters. The van der Waals surface area contributed by atoms with E-state index in [2.05, 4.69) is 20.8 Å². The van der Waals surface area contributed by atoms with E-state index in [9.17, 15) is 0 Å². The minimum absolute atomic E-state index is 0.167. The summed E-state index contributed by atoms with van der Waals surface area (Å²) in [6.45, 7) is 8.08. The normalized spacial score (nSPS) is 31.7. The van der Waals surface area contributed by atoms with Crippen LogP contribution in [0.25, 0.3) is 0 Å². The van der Waals surface area contributed by atoms with Crippen molar-refractivity contribution in [1.29, 1.82) is 0 Å². The quantitative estimate of drug-likeness (QED) is 0.749. The highest BCUT2D eigenvalue weighted by Gasteiger charge is 2.39. The summed E-state index contributed by atoms with van der Waals surface area (Å²) in [5, 5.41) is 8.55. The van der Waals surface area contributed by atoms with Crippen molar-refractivity contribution in [2.24, 2.45) is 23.7 Å². The van der Waals surface area contributed by atoms with E-state index >= 15 is 0 Å². The lowest BCUT2D eigenvalue weighted by molar-refractivity contribution is 0.0531. The second kappa shape index (κ2) is 7.29. The second-order valence-corrected chi connectivity index (χ2v) is 5.97. The molecule has 2 fully saturated rings. The molecule has 16 heavy (non-hydrogen) atoms. The number of rotatable bonds is 4. The fourth-order valence-corrected chi connectivity index (χ4v) is 2.88. The van der Waals surface area contributed by atoms with Gasteiger partial charge in [-0.15, -0.1) is 0 Å². The number of ether oxygens (including phenoxy) is 1. The summed E-state index contributed by atoms with van der Waals surface area (Å²) in [6, 6.07) is 0. The van der Waals surface area contributed by atoms with Crippen LogP contribution in [0.3, 0.4) is 0 Å². The predicted molar refractivity (Wildman–Crippen MR) is 67.4 cm³/mol. The molecule has 2 saturated carbocycles. The van der Waals surface area contributed by atoms with E-state index in [1.807, 2.05) is 0 Å². The van der Waals surface area contributed by atoms with Crippen LogP contribution in [0.2, 0.25) is 0 Å². The minimum atomic E-state index is 0.167. The highest BCUT2D eigenvalue weighted by Crippen LogP contribution is 2.48. The smallest absolute Gasteiger partial charge is 0.0697 e. The van der Waals surface area contributed by atoms with E-state index < -0.39 is 0 Å². The molecule has 0 radical (unpaired) electrons. The van der Waals surface area contributed by atoms with Gasteiger partial charge in [-0.3, -0.25) is 0 Å². The molecule has 2 aliphatic rings. The lowest BCUT2D eigenvalue weighted by Crippen LogP contribution is -2.17. The van der Waals surface area contributed by atoms with Crippen LogP contribution in [-0.2, 0) is 4.74 Å². The lowest BCUT2D eigenvalue weighted by atomic mass is 9.90. The van der Waals surface area contributed by atoms with Crippen LogP contribution in [0.1, 0.15) is 46.5 Å². The van der Waals surface area contributed by atoms with Gasteiger partial charge in [0, 0.05) is 6.61 Å². The fraction of sp³-hybridized carbons (Fsp3) is 1.00. The average Bonchev–Trinajstić information content (AvgIpc) is 2.78. The van der Waals surface area contributed by atoms with E-state index in [0.717, 1.165) is 30.3 Å². The predicted octanol–water partition coefficient (Wildman–Crippen LogP) is 3.09. The zero-order valence-corrected chi connectivity index (χ0v) is 11.1. The SMILES string of the molecule is CC(C)C.OCCOCC1CC2CCC1C2. The van der Waals surface area contributed by atoms with Crippen LogP contribution < -0.4 is 0 Å². The van der Waals surface area contributed by atoms with Crippen LogP contribution >= 0.6 is 0 Å². The first-order chi connectivity index (χ1) is 7.63. The van der Waals surface area contributed by atoms with Gasteiger partial charge < -0.3 is 9.84 Å². The standard InChI is InChI=1S/C10H18O2.C4H10/c11-3-4-12-7-10-6-8-1-2-9(10)5-8;1-4(2)3/h8-11H,1-7H2;4H,1-3H3. The molecule has 0 aliphatic heterocycles. The first-order valence-corrected chi connectivity index (χ1v) is 6.82. The third-order valence-corrected chi connectivity index (χ3v) is 3.45. The largest absolute Gasteiger partial charge is 0.394 e. The summed E-state index contributed by atoms with van der Waals surface area (Å²) < 4.78 is 5.37. The summed E-state index contributed by atoms with van der Waals surface area (Å²) in [7, 11) is 0. The Morgan fingerprint density at radius 2 is 1.88 bits per heavy atom. The average molecular weight is 228 g/mol. The molecule has 2 nitrogen and oxygen atoms in total. The summed E-state index contributed by atoms with van der Waals surface area (Å²) >= 11 is 0. The van der Waals surface area contributed by atoms with Crippen molar-refractivity contribution in [2.45, 2.75) is 46.5 Å². The maximum absolute atomic E-state index is 8.55. The molecule has 2 bridgehead atoms. The molecule has 0 spiro atoms. The van der Waals surface area contributed by atoms with E-state index in [1.165, 1.54) is 25.7 Å². The van der Waals surface area contributed by atoms with Crippen LogP contribution in [0.15, 0.2) is 0 Å². The molecule has 0 amide bonds. The highest BCUT2D eigenvalue weighted by molar-refractivity contribution is 4.89. The Kier molecular flexibility index (Phi) is 6.37. The van der Waals surface area contributed by atoms with Gasteiger partial charge in [0.05, 0.1) is 13.2 Å². The van der Waals surface area contributed by atoms with Crippen molar-refractivity contribution in [3.05, 3.63) is 0 Å². The van der Waals surface area contributed by atoms with Gasteiger partial charge in [-0.2, -0.15) is 0 Å². The van der Waals surface area contributed by atoms with Gasteiger partial charge in [-0.25, -0.2) is 0 Å². The Morgan fingerprint density at radius 3 is 2.31 bits per heavy atom. The van der Waals surface area contributed by atoms with Gasteiger partial charge in [0.1, 0.15) is 0 Å². The van der Waals surface area contributed by atoms with E-state index in [4.69, 9.17) is 9.84 Å². The van der Waals surface area contributed by atoms with Crippen molar-refractivity contribution >= 4 is 0 Å². The molecule has 0 saturated heterocycles. The Balaban J connectivity index is 0.000000280. The first kappa shape index (κ1) is 14.0. The van der Waals surface area contributed by atoms with Crippen LogP contribution in [-0.4, -0.2) is 24.9 Å². The van der Waals surface area contributed by atoms with Gasteiger partial charge >= 0.3 is 0 Å². The van der Waals surface area contributed by atoms with Gasteiger partial charge in [0.25, 0.3) is 0 Å². The molecule has 96 valence electrons. The molecule has 2 rings (SSSR count). The molecular formula is C14H28O2. The second-order valence-electron chi connectivity index (χ2n) is 5.97. The van der Waals surface area contributed by atoms with Gasteiger partial charge in [-0.1, -0.05) is 27.2 Å². The lowest BCUT2D eigenvalue weighted by Gasteiger charge is -2.20. The Labute approximate surface area is 100 Å². The Hall–Kier alpha value is -0.0800. The molecule has 1 N–H and O–H groups in total. The summed E-state index contributed by atoms with van der Waals surface area (Å²) in [5.74, 6) is 3.61. The summed E-state index contributed by atoms with van der Waals surface area (Å²) in [4.78, 5) is 0. The molecule has 0 aromatic rings. The zero-order valence-electron chi connectivity index (χ0n) is 11.1. The van der Waals surface area contributed by atoms with Gasteiger partial charge in [0.2, 0.25) is 0 Å². The molecular weight excluding hydrogens is 200 g/mol. The van der Waals surface area contributed by atoms with Crippen LogP contribution in [0.4, 0.5) is 0 Å². The molecule has 2 heteroatoms. The molecule has 3 atom stereocenters.